The maximum absolute atomic E-state index is 12.1. The summed E-state index contributed by atoms with van der Waals surface area (Å²) in [7, 11) is 0. The van der Waals surface area contributed by atoms with Crippen LogP contribution in [-0.4, -0.2) is 23.7 Å². The summed E-state index contributed by atoms with van der Waals surface area (Å²) < 4.78 is 10.8. The van der Waals surface area contributed by atoms with Gasteiger partial charge < -0.3 is 14.6 Å². The smallest absolute Gasteiger partial charge is 0.343 e. The van der Waals surface area contributed by atoms with Crippen LogP contribution in [0.25, 0.3) is 0 Å². The molecule has 1 N–H and O–H groups in total. The zero-order valence-electron chi connectivity index (χ0n) is 13.7. The van der Waals surface area contributed by atoms with Crippen molar-refractivity contribution in [2.24, 2.45) is 5.92 Å². The lowest BCUT2D eigenvalue weighted by Gasteiger charge is -2.09. The predicted molar refractivity (Wildman–Crippen MR) is 89.8 cm³/mol. The number of ether oxygens (including phenoxy) is 2. The first-order valence-electron chi connectivity index (χ1n) is 7.74. The normalized spacial score (nSPS) is 10.5. The van der Waals surface area contributed by atoms with E-state index in [-0.39, 0.29) is 11.3 Å². The average Bonchev–Trinajstić information content (AvgIpc) is 2.55. The van der Waals surface area contributed by atoms with Crippen molar-refractivity contribution in [3.05, 3.63) is 59.7 Å². The number of esters is 1. The predicted octanol–water partition coefficient (Wildman–Crippen LogP) is 4.03. The molecular formula is C19H20O5. The van der Waals surface area contributed by atoms with E-state index < -0.39 is 11.9 Å². The number of benzene rings is 2. The van der Waals surface area contributed by atoms with Gasteiger partial charge in [-0.2, -0.15) is 0 Å². The number of carboxylic acid groups (broad SMARTS) is 1. The van der Waals surface area contributed by atoms with E-state index in [2.05, 4.69) is 13.8 Å². The van der Waals surface area contributed by atoms with Crippen molar-refractivity contribution in [1.82, 2.24) is 0 Å². The van der Waals surface area contributed by atoms with Crippen LogP contribution in [-0.2, 0) is 0 Å². The highest BCUT2D eigenvalue weighted by atomic mass is 16.5. The van der Waals surface area contributed by atoms with E-state index in [9.17, 15) is 9.59 Å². The molecule has 0 fully saturated rings. The molecule has 0 spiro atoms. The molecule has 0 aromatic heterocycles. The molecule has 2 rings (SSSR count). The fourth-order valence-corrected chi connectivity index (χ4v) is 1.96. The van der Waals surface area contributed by atoms with Crippen molar-refractivity contribution in [1.29, 1.82) is 0 Å². The molecule has 0 heterocycles. The second kappa shape index (κ2) is 8.15. The van der Waals surface area contributed by atoms with Crippen molar-refractivity contribution < 1.29 is 24.2 Å². The van der Waals surface area contributed by atoms with E-state index in [1.54, 1.807) is 24.3 Å². The largest absolute Gasteiger partial charge is 0.494 e. The van der Waals surface area contributed by atoms with E-state index in [4.69, 9.17) is 14.6 Å². The van der Waals surface area contributed by atoms with Gasteiger partial charge in [0.15, 0.2) is 0 Å². The van der Waals surface area contributed by atoms with Gasteiger partial charge in [-0.1, -0.05) is 19.9 Å². The van der Waals surface area contributed by atoms with Crippen LogP contribution in [0.15, 0.2) is 48.5 Å². The molecule has 0 bridgehead atoms. The molecule has 126 valence electrons. The summed E-state index contributed by atoms with van der Waals surface area (Å²) in [5.41, 5.74) is 0.432. The summed E-state index contributed by atoms with van der Waals surface area (Å²) in [5.74, 6) is -0.167. The molecule has 0 radical (unpaired) electrons. The molecule has 24 heavy (non-hydrogen) atoms. The summed E-state index contributed by atoms with van der Waals surface area (Å²) in [5, 5.41) is 8.94. The summed E-state index contributed by atoms with van der Waals surface area (Å²) in [4.78, 5) is 23.0. The number of aromatic carboxylic acids is 1. The fourth-order valence-electron chi connectivity index (χ4n) is 1.96. The Morgan fingerprint density at radius 2 is 1.71 bits per heavy atom. The minimum Gasteiger partial charge on any atom is -0.494 e. The van der Waals surface area contributed by atoms with Gasteiger partial charge in [0, 0.05) is 0 Å². The van der Waals surface area contributed by atoms with Crippen LogP contribution < -0.4 is 9.47 Å². The maximum atomic E-state index is 12.1. The SMILES string of the molecule is CC(C)CCOc1ccc(C(=O)Oc2cccc(C(=O)O)c2)cc1. The Hall–Kier alpha value is -2.82. The Morgan fingerprint density at radius 3 is 2.33 bits per heavy atom. The Bertz CT molecular complexity index is 704. The van der Waals surface area contributed by atoms with E-state index in [1.165, 1.54) is 24.3 Å². The van der Waals surface area contributed by atoms with Gasteiger partial charge in [0.2, 0.25) is 0 Å². The minimum absolute atomic E-state index is 0.0641. The van der Waals surface area contributed by atoms with Crippen molar-refractivity contribution in [2.45, 2.75) is 20.3 Å². The fraction of sp³-hybridized carbons (Fsp3) is 0.263. The maximum Gasteiger partial charge on any atom is 0.343 e. The molecule has 0 aliphatic heterocycles. The molecule has 5 nitrogen and oxygen atoms in total. The van der Waals surface area contributed by atoms with E-state index in [1.807, 2.05) is 0 Å². The first-order chi connectivity index (χ1) is 11.5. The van der Waals surface area contributed by atoms with Crippen LogP contribution in [0.3, 0.4) is 0 Å². The van der Waals surface area contributed by atoms with Crippen molar-refractivity contribution in [3.8, 4) is 11.5 Å². The van der Waals surface area contributed by atoms with Gasteiger partial charge >= 0.3 is 11.9 Å². The number of hydrogen-bond acceptors (Lipinski definition) is 4. The molecule has 0 amide bonds. The number of rotatable bonds is 7. The quantitative estimate of drug-likeness (QED) is 0.613. The molecular weight excluding hydrogens is 308 g/mol. The zero-order chi connectivity index (χ0) is 17.5. The second-order valence-corrected chi connectivity index (χ2v) is 5.78. The molecule has 0 aliphatic rings. The lowest BCUT2D eigenvalue weighted by atomic mass is 10.1. The van der Waals surface area contributed by atoms with Crippen LogP contribution in [0.5, 0.6) is 11.5 Å². The van der Waals surface area contributed by atoms with Crippen LogP contribution in [0, 0.1) is 5.92 Å². The summed E-state index contributed by atoms with van der Waals surface area (Å²) in [6.45, 7) is 4.88. The van der Waals surface area contributed by atoms with Crippen LogP contribution in [0.2, 0.25) is 0 Å². The third kappa shape index (κ3) is 5.12. The molecule has 0 unspecified atom stereocenters. The van der Waals surface area contributed by atoms with E-state index in [0.717, 1.165) is 6.42 Å². The van der Waals surface area contributed by atoms with Gasteiger partial charge in [-0.25, -0.2) is 9.59 Å². The summed E-state index contributed by atoms with van der Waals surface area (Å²) in [6, 6.07) is 12.5. The van der Waals surface area contributed by atoms with Crippen molar-refractivity contribution in [3.63, 3.8) is 0 Å². The van der Waals surface area contributed by atoms with Crippen molar-refractivity contribution in [2.75, 3.05) is 6.61 Å². The van der Waals surface area contributed by atoms with Gasteiger partial charge in [-0.05, 0) is 54.8 Å². The summed E-state index contributed by atoms with van der Waals surface area (Å²) >= 11 is 0. The molecule has 0 saturated carbocycles. The molecule has 2 aromatic carbocycles. The summed E-state index contributed by atoms with van der Waals surface area (Å²) in [6.07, 6.45) is 0.962. The van der Waals surface area contributed by atoms with Gasteiger partial charge in [-0.3, -0.25) is 0 Å². The second-order valence-electron chi connectivity index (χ2n) is 5.78. The van der Waals surface area contributed by atoms with Crippen LogP contribution in [0.4, 0.5) is 0 Å². The van der Waals surface area contributed by atoms with Gasteiger partial charge in [0.05, 0.1) is 17.7 Å². The first kappa shape index (κ1) is 17.5. The van der Waals surface area contributed by atoms with Crippen LogP contribution in [0.1, 0.15) is 41.0 Å². The highest BCUT2D eigenvalue weighted by Crippen LogP contribution is 2.17. The van der Waals surface area contributed by atoms with Crippen molar-refractivity contribution >= 4 is 11.9 Å². The Labute approximate surface area is 140 Å². The highest BCUT2D eigenvalue weighted by Gasteiger charge is 2.11. The molecule has 2 aromatic rings. The highest BCUT2D eigenvalue weighted by molar-refractivity contribution is 5.92. The third-order valence-electron chi connectivity index (χ3n) is 3.35. The standard InChI is InChI=1S/C19H20O5/c1-13(2)10-11-23-16-8-6-14(7-9-16)19(22)24-17-5-3-4-15(12-17)18(20)21/h3-9,12-13H,10-11H2,1-2H3,(H,20,21). The molecule has 5 heteroatoms. The van der Waals surface area contributed by atoms with Gasteiger partial charge in [-0.15, -0.1) is 0 Å². The first-order valence-corrected chi connectivity index (χ1v) is 7.74. The molecule has 0 saturated heterocycles. The Kier molecular flexibility index (Phi) is 5.95. The van der Waals surface area contributed by atoms with E-state index in [0.29, 0.717) is 23.8 Å². The minimum atomic E-state index is -1.07. The topological polar surface area (TPSA) is 72.8 Å². The number of carbonyl (C=O) groups is 2. The molecule has 0 aliphatic carbocycles. The number of carboxylic acids is 1. The molecule has 0 atom stereocenters. The Balaban J connectivity index is 1.97. The number of hydrogen-bond donors (Lipinski definition) is 1. The van der Waals surface area contributed by atoms with Gasteiger partial charge in [0.1, 0.15) is 11.5 Å². The third-order valence-corrected chi connectivity index (χ3v) is 3.35. The monoisotopic (exact) mass is 328 g/mol. The lowest BCUT2D eigenvalue weighted by molar-refractivity contribution is 0.0687. The zero-order valence-corrected chi connectivity index (χ0v) is 13.7. The average molecular weight is 328 g/mol. The lowest BCUT2D eigenvalue weighted by Crippen LogP contribution is -2.09. The van der Waals surface area contributed by atoms with Gasteiger partial charge in [0.25, 0.3) is 0 Å². The van der Waals surface area contributed by atoms with E-state index >= 15 is 0 Å². The van der Waals surface area contributed by atoms with Crippen LogP contribution >= 0.6 is 0 Å². The Morgan fingerprint density at radius 1 is 1.00 bits per heavy atom. The number of carbonyl (C=O) groups excluding carboxylic acids is 1.